The maximum atomic E-state index is 10.8. The van der Waals surface area contributed by atoms with E-state index in [-0.39, 0.29) is 16.3 Å². The summed E-state index contributed by atoms with van der Waals surface area (Å²) in [7, 11) is 0. The second kappa shape index (κ2) is 6.06. The Bertz CT molecular complexity index is 469. The number of nitro benzene ring substituents is 1. The van der Waals surface area contributed by atoms with E-state index in [0.717, 1.165) is 12.8 Å². The molecule has 17 heavy (non-hydrogen) atoms. The summed E-state index contributed by atoms with van der Waals surface area (Å²) < 4.78 is 0. The van der Waals surface area contributed by atoms with Crippen LogP contribution in [0.2, 0.25) is 5.02 Å². The summed E-state index contributed by atoms with van der Waals surface area (Å²) in [5.74, 6) is 0. The molecular weight excluding hydrogens is 242 g/mol. The van der Waals surface area contributed by atoms with Gasteiger partial charge >= 0.3 is 0 Å². The van der Waals surface area contributed by atoms with Crippen molar-refractivity contribution in [1.82, 2.24) is 0 Å². The number of hydrogen-bond donors (Lipinski definition) is 1. The Balaban J connectivity index is 3.06. The zero-order chi connectivity index (χ0) is 12.8. The summed E-state index contributed by atoms with van der Waals surface area (Å²) >= 11 is 5.83. The molecule has 0 heterocycles. The van der Waals surface area contributed by atoms with E-state index in [2.05, 4.69) is 5.32 Å². The van der Waals surface area contributed by atoms with Gasteiger partial charge in [0.25, 0.3) is 5.69 Å². The molecule has 0 bridgehead atoms. The van der Waals surface area contributed by atoms with Gasteiger partial charge in [-0.2, -0.15) is 5.26 Å². The highest BCUT2D eigenvalue weighted by molar-refractivity contribution is 6.32. The Morgan fingerprint density at radius 1 is 1.59 bits per heavy atom. The molecule has 0 aromatic heterocycles. The van der Waals surface area contributed by atoms with E-state index in [9.17, 15) is 10.1 Å². The third-order valence-corrected chi connectivity index (χ3v) is 2.56. The van der Waals surface area contributed by atoms with Crippen LogP contribution in [-0.4, -0.2) is 11.5 Å². The van der Waals surface area contributed by atoms with Gasteiger partial charge in [-0.05, 0) is 12.5 Å². The molecule has 0 atom stereocenters. The number of unbranched alkanes of at least 4 members (excludes halogenated alkanes) is 1. The number of nitrogens with zero attached hydrogens (tertiary/aromatic N) is 2. The SMILES string of the molecule is CCCCNc1cc(Cl)c(C#N)cc1[N+](=O)[O-]. The molecule has 1 aromatic carbocycles. The number of hydrogen-bond acceptors (Lipinski definition) is 4. The van der Waals surface area contributed by atoms with Crippen molar-refractivity contribution in [1.29, 1.82) is 5.26 Å². The highest BCUT2D eigenvalue weighted by Crippen LogP contribution is 2.30. The number of halogens is 1. The number of benzene rings is 1. The molecule has 5 nitrogen and oxygen atoms in total. The number of nitriles is 1. The fourth-order valence-electron chi connectivity index (χ4n) is 1.34. The fraction of sp³-hybridized carbons (Fsp3) is 0.364. The quantitative estimate of drug-likeness (QED) is 0.496. The first-order valence-corrected chi connectivity index (χ1v) is 5.59. The van der Waals surface area contributed by atoms with Gasteiger partial charge in [-0.15, -0.1) is 0 Å². The van der Waals surface area contributed by atoms with Crippen molar-refractivity contribution in [3.63, 3.8) is 0 Å². The van der Waals surface area contributed by atoms with Crippen LogP contribution < -0.4 is 5.32 Å². The summed E-state index contributed by atoms with van der Waals surface area (Å²) in [6, 6.07) is 4.44. The third kappa shape index (κ3) is 3.33. The largest absolute Gasteiger partial charge is 0.379 e. The van der Waals surface area contributed by atoms with Crippen molar-refractivity contribution in [2.75, 3.05) is 11.9 Å². The Hall–Kier alpha value is -1.80. The van der Waals surface area contributed by atoms with Gasteiger partial charge < -0.3 is 5.32 Å². The molecule has 1 rings (SSSR count). The van der Waals surface area contributed by atoms with Crippen LogP contribution in [0.15, 0.2) is 12.1 Å². The van der Waals surface area contributed by atoms with Crippen molar-refractivity contribution in [2.24, 2.45) is 0 Å². The first-order chi connectivity index (χ1) is 8.10. The van der Waals surface area contributed by atoms with Crippen molar-refractivity contribution < 1.29 is 4.92 Å². The monoisotopic (exact) mass is 253 g/mol. The summed E-state index contributed by atoms with van der Waals surface area (Å²) in [6.45, 7) is 2.67. The standard InChI is InChI=1S/C11H12ClN3O2/c1-2-3-4-14-10-6-9(12)8(7-13)5-11(10)15(16)17/h5-6,14H,2-4H2,1H3. The molecule has 0 saturated heterocycles. The maximum Gasteiger partial charge on any atom is 0.293 e. The van der Waals surface area contributed by atoms with Gasteiger partial charge in [-0.25, -0.2) is 0 Å². The summed E-state index contributed by atoms with van der Waals surface area (Å²) in [5.41, 5.74) is 0.342. The van der Waals surface area contributed by atoms with Gasteiger partial charge in [0.15, 0.2) is 0 Å². The van der Waals surface area contributed by atoms with Crippen molar-refractivity contribution >= 4 is 23.0 Å². The van der Waals surface area contributed by atoms with Gasteiger partial charge in [0.2, 0.25) is 0 Å². The molecule has 0 unspecified atom stereocenters. The minimum absolute atomic E-state index is 0.111. The van der Waals surface area contributed by atoms with Gasteiger partial charge in [-0.1, -0.05) is 24.9 Å². The summed E-state index contributed by atoms with van der Waals surface area (Å²) in [6.07, 6.45) is 1.90. The lowest BCUT2D eigenvalue weighted by atomic mass is 10.2. The lowest BCUT2D eigenvalue weighted by molar-refractivity contribution is -0.384. The predicted octanol–water partition coefficient (Wildman–Crippen LogP) is 3.33. The second-order valence-corrected chi connectivity index (χ2v) is 3.91. The lowest BCUT2D eigenvalue weighted by Crippen LogP contribution is -2.04. The molecular formula is C11H12ClN3O2. The minimum Gasteiger partial charge on any atom is -0.379 e. The van der Waals surface area contributed by atoms with E-state index in [1.807, 2.05) is 13.0 Å². The maximum absolute atomic E-state index is 10.8. The molecule has 0 saturated carbocycles. The molecule has 0 aliphatic carbocycles. The fourth-order valence-corrected chi connectivity index (χ4v) is 1.55. The van der Waals surface area contributed by atoms with Gasteiger partial charge in [-0.3, -0.25) is 10.1 Å². The Kier molecular flexibility index (Phi) is 4.73. The summed E-state index contributed by atoms with van der Waals surface area (Å²) in [5, 5.41) is 22.8. The molecule has 1 aromatic rings. The average molecular weight is 254 g/mol. The van der Waals surface area contributed by atoms with Gasteiger partial charge in [0.05, 0.1) is 15.5 Å². The van der Waals surface area contributed by atoms with Gasteiger partial charge in [0.1, 0.15) is 11.8 Å². The molecule has 1 N–H and O–H groups in total. The van der Waals surface area contributed by atoms with E-state index in [0.29, 0.717) is 12.2 Å². The molecule has 6 heteroatoms. The summed E-state index contributed by atoms with van der Waals surface area (Å²) in [4.78, 5) is 10.3. The Morgan fingerprint density at radius 3 is 2.82 bits per heavy atom. The molecule has 0 amide bonds. The highest BCUT2D eigenvalue weighted by Gasteiger charge is 2.17. The van der Waals surface area contributed by atoms with Crippen LogP contribution >= 0.6 is 11.6 Å². The van der Waals surface area contributed by atoms with Crippen LogP contribution in [0, 0.1) is 21.4 Å². The van der Waals surface area contributed by atoms with Crippen molar-refractivity contribution in [3.8, 4) is 6.07 Å². The van der Waals surface area contributed by atoms with Gasteiger partial charge in [0, 0.05) is 12.6 Å². The third-order valence-electron chi connectivity index (χ3n) is 2.25. The molecule has 90 valence electrons. The molecule has 0 fully saturated rings. The molecule has 0 radical (unpaired) electrons. The first kappa shape index (κ1) is 13.3. The normalized spacial score (nSPS) is 9.71. The van der Waals surface area contributed by atoms with E-state index >= 15 is 0 Å². The smallest absolute Gasteiger partial charge is 0.293 e. The Morgan fingerprint density at radius 2 is 2.29 bits per heavy atom. The van der Waals surface area contributed by atoms with Crippen LogP contribution in [0.25, 0.3) is 0 Å². The molecule has 0 aliphatic heterocycles. The average Bonchev–Trinajstić information content (AvgIpc) is 2.29. The Labute approximate surface area is 104 Å². The van der Waals surface area contributed by atoms with E-state index in [4.69, 9.17) is 16.9 Å². The van der Waals surface area contributed by atoms with Crippen molar-refractivity contribution in [3.05, 3.63) is 32.8 Å². The number of anilines is 1. The van der Waals surface area contributed by atoms with E-state index in [1.54, 1.807) is 0 Å². The predicted molar refractivity (Wildman–Crippen MR) is 66.2 cm³/mol. The van der Waals surface area contributed by atoms with Crippen LogP contribution in [0.4, 0.5) is 11.4 Å². The zero-order valence-electron chi connectivity index (χ0n) is 9.36. The van der Waals surface area contributed by atoms with Crippen molar-refractivity contribution in [2.45, 2.75) is 19.8 Å². The van der Waals surface area contributed by atoms with Crippen LogP contribution in [0.5, 0.6) is 0 Å². The second-order valence-electron chi connectivity index (χ2n) is 3.50. The number of rotatable bonds is 5. The topological polar surface area (TPSA) is 79.0 Å². The van der Waals surface area contributed by atoms with E-state index < -0.39 is 4.92 Å². The van der Waals surface area contributed by atoms with Crippen LogP contribution in [-0.2, 0) is 0 Å². The van der Waals surface area contributed by atoms with Crippen LogP contribution in [0.3, 0.4) is 0 Å². The highest BCUT2D eigenvalue weighted by atomic mass is 35.5. The first-order valence-electron chi connectivity index (χ1n) is 5.22. The number of nitro groups is 1. The zero-order valence-corrected chi connectivity index (χ0v) is 10.1. The molecule has 0 aliphatic rings. The minimum atomic E-state index is -0.522. The molecule has 0 spiro atoms. The lowest BCUT2D eigenvalue weighted by Gasteiger charge is -2.07. The van der Waals surface area contributed by atoms with E-state index in [1.165, 1.54) is 12.1 Å². The van der Waals surface area contributed by atoms with Crippen LogP contribution in [0.1, 0.15) is 25.3 Å². The number of nitrogens with one attached hydrogen (secondary N) is 1.